The van der Waals surface area contributed by atoms with E-state index in [1.165, 1.54) is 69.1 Å². The number of nitrogens with zero attached hydrogens (tertiary/aromatic N) is 1. The zero-order chi connectivity index (χ0) is 35.7. The second-order valence-corrected chi connectivity index (χ2v) is 17.4. The van der Waals surface area contributed by atoms with E-state index in [9.17, 15) is 9.59 Å². The lowest BCUT2D eigenvalue weighted by molar-refractivity contribution is -0.117. The van der Waals surface area contributed by atoms with Crippen molar-refractivity contribution in [2.45, 2.75) is 116 Å². The van der Waals surface area contributed by atoms with Crippen molar-refractivity contribution in [2.24, 2.45) is 39.9 Å². The average Bonchev–Trinajstić information content (AvgIpc) is 3.39. The van der Waals surface area contributed by atoms with E-state index in [2.05, 4.69) is 61.6 Å². The molecule has 6 aliphatic rings. The lowest BCUT2D eigenvalue weighted by Crippen LogP contribution is -2.43. The number of para-hydroxylation sites is 1. The van der Waals surface area contributed by atoms with Crippen LogP contribution in [0.3, 0.4) is 0 Å². The number of carbonyl (C=O) groups excluding carboxylic acids is 2. The third-order valence-corrected chi connectivity index (χ3v) is 14.5. The summed E-state index contributed by atoms with van der Waals surface area (Å²) in [5.41, 5.74) is 4.64. The lowest BCUT2D eigenvalue weighted by Gasteiger charge is -2.48. The van der Waals surface area contributed by atoms with Crippen molar-refractivity contribution >= 4 is 18.0 Å². The summed E-state index contributed by atoms with van der Waals surface area (Å²) in [5, 5.41) is 13.1. The first-order valence-electron chi connectivity index (χ1n) is 19.6. The maximum atomic E-state index is 11.8. The van der Waals surface area contributed by atoms with Crippen LogP contribution in [0.1, 0.15) is 98.3 Å². The van der Waals surface area contributed by atoms with E-state index in [0.29, 0.717) is 40.4 Å². The fraction of sp³-hybridized carbons (Fsp3) is 0.714. The average molecular weight is 688 g/mol. The molecule has 0 bridgehead atoms. The van der Waals surface area contributed by atoms with Crippen molar-refractivity contribution in [1.29, 1.82) is 0 Å². The van der Waals surface area contributed by atoms with E-state index in [0.717, 1.165) is 49.4 Å². The Morgan fingerprint density at radius 2 is 1.92 bits per heavy atom. The number of allylic oxidation sites excluding steroid dienone is 2. The van der Waals surface area contributed by atoms with Crippen LogP contribution in [0.15, 0.2) is 54.3 Å². The highest BCUT2D eigenvalue weighted by molar-refractivity contribution is 5.92. The standard InChI is InChI=1S/C34H56N4O2.C8H9NO/c1-22(19-36-15-16-37-30(39)23(2)35-6)17-29-38-24(3)34(40-29)14-12-27-26-11-10-25-9-7-8-13-32(25,5)28(26)18-33(27)20-31(33,4)21-34;1-9(7-10)8-5-3-2-4-6-8/h10,22,24,26-29,35-36,38H,2,7-9,11-21H2,1,3-6H3,(H,37,39);2-7H,1H3/t22?,24-,26?,27?,28?,29?,31?,32?,33?,34?;/m0./s1. The van der Waals surface area contributed by atoms with Crippen molar-refractivity contribution in [2.75, 3.05) is 38.6 Å². The molecule has 7 rings (SSSR count). The Bertz CT molecular complexity index is 1420. The van der Waals surface area contributed by atoms with E-state index >= 15 is 0 Å². The van der Waals surface area contributed by atoms with Crippen LogP contribution in [0.4, 0.5) is 5.69 Å². The monoisotopic (exact) mass is 688 g/mol. The molecule has 10 atom stereocenters. The Hall–Kier alpha value is -2.68. The summed E-state index contributed by atoms with van der Waals surface area (Å²) in [6.45, 7) is 16.0. The summed E-state index contributed by atoms with van der Waals surface area (Å²) in [7, 11) is 3.44. The molecule has 8 nitrogen and oxygen atoms in total. The smallest absolute Gasteiger partial charge is 0.266 e. The molecule has 276 valence electrons. The summed E-state index contributed by atoms with van der Waals surface area (Å²) in [6, 6.07) is 9.89. The van der Waals surface area contributed by atoms with Gasteiger partial charge in [-0.15, -0.1) is 0 Å². The molecule has 0 radical (unpaired) electrons. The van der Waals surface area contributed by atoms with E-state index in [-0.39, 0.29) is 17.7 Å². The normalized spacial score (nSPS) is 38.4. The molecule has 2 spiro atoms. The number of ether oxygens (including phenoxy) is 1. The number of fused-ring (bicyclic) bond motifs is 4. The third kappa shape index (κ3) is 6.93. The molecule has 5 fully saturated rings. The molecule has 8 heteroatoms. The molecule has 5 aliphatic carbocycles. The Kier molecular flexibility index (Phi) is 10.9. The number of rotatable bonds is 11. The van der Waals surface area contributed by atoms with E-state index in [4.69, 9.17) is 4.74 Å². The Morgan fingerprint density at radius 1 is 1.14 bits per heavy atom. The van der Waals surface area contributed by atoms with Crippen LogP contribution in [-0.2, 0) is 14.3 Å². The van der Waals surface area contributed by atoms with Crippen LogP contribution in [0.2, 0.25) is 0 Å². The fourth-order valence-corrected chi connectivity index (χ4v) is 11.6. The van der Waals surface area contributed by atoms with Crippen molar-refractivity contribution in [3.8, 4) is 0 Å². The summed E-state index contributed by atoms with van der Waals surface area (Å²) in [5.74, 6) is 3.07. The molecular formula is C42H65N5O3. The fourth-order valence-electron chi connectivity index (χ4n) is 11.6. The van der Waals surface area contributed by atoms with Gasteiger partial charge in [-0.3, -0.25) is 14.9 Å². The summed E-state index contributed by atoms with van der Waals surface area (Å²) < 4.78 is 7.09. The predicted molar refractivity (Wildman–Crippen MR) is 202 cm³/mol. The minimum Gasteiger partial charge on any atom is -0.384 e. The summed E-state index contributed by atoms with van der Waals surface area (Å²) in [6.07, 6.45) is 18.4. The van der Waals surface area contributed by atoms with Gasteiger partial charge < -0.3 is 25.6 Å². The van der Waals surface area contributed by atoms with Crippen molar-refractivity contribution in [3.63, 3.8) is 0 Å². The molecule has 1 aromatic carbocycles. The number of amides is 2. The topological polar surface area (TPSA) is 94.7 Å². The molecule has 9 unspecified atom stereocenters. The zero-order valence-corrected chi connectivity index (χ0v) is 31.8. The number of benzene rings is 1. The first-order valence-corrected chi connectivity index (χ1v) is 19.6. The molecule has 1 saturated heterocycles. The van der Waals surface area contributed by atoms with Gasteiger partial charge in [0.25, 0.3) is 5.91 Å². The first kappa shape index (κ1) is 37.1. The lowest BCUT2D eigenvalue weighted by atomic mass is 9.57. The van der Waals surface area contributed by atoms with E-state index in [1.807, 2.05) is 35.9 Å². The highest BCUT2D eigenvalue weighted by Crippen LogP contribution is 2.83. The van der Waals surface area contributed by atoms with Gasteiger partial charge in [-0.2, -0.15) is 0 Å². The van der Waals surface area contributed by atoms with Gasteiger partial charge in [0.2, 0.25) is 6.41 Å². The van der Waals surface area contributed by atoms with Crippen LogP contribution in [0.25, 0.3) is 0 Å². The SMILES string of the molecule is C=C(NC)C(=O)NCCNCC(C)CC1N[C@@H](C)C2(CCC3C4CC=C5CCCCC5(C)C4CC34CC4(C)C2)O1.CN(C=O)c1ccccc1. The van der Waals surface area contributed by atoms with Gasteiger partial charge in [-0.1, -0.05) is 63.6 Å². The number of anilines is 1. The molecule has 4 saturated carbocycles. The van der Waals surface area contributed by atoms with Crippen LogP contribution < -0.4 is 26.2 Å². The molecule has 50 heavy (non-hydrogen) atoms. The van der Waals surface area contributed by atoms with Crippen LogP contribution in [0, 0.1) is 39.9 Å². The second-order valence-electron chi connectivity index (χ2n) is 17.4. The van der Waals surface area contributed by atoms with Gasteiger partial charge in [0.05, 0.1) is 11.3 Å². The summed E-state index contributed by atoms with van der Waals surface area (Å²) in [4.78, 5) is 23.6. The molecule has 0 aromatic heterocycles. The zero-order valence-electron chi connectivity index (χ0n) is 31.8. The highest BCUT2D eigenvalue weighted by Gasteiger charge is 2.77. The Morgan fingerprint density at radius 3 is 2.66 bits per heavy atom. The Labute approximate surface area is 302 Å². The highest BCUT2D eigenvalue weighted by atomic mass is 16.5. The molecule has 1 aromatic rings. The first-order chi connectivity index (χ1) is 23.9. The number of nitrogens with one attached hydrogen (secondary N) is 4. The third-order valence-electron chi connectivity index (χ3n) is 14.5. The van der Waals surface area contributed by atoms with Gasteiger partial charge in [0.15, 0.2) is 0 Å². The minimum absolute atomic E-state index is 0.0136. The minimum atomic E-state index is -0.137. The molecule has 1 aliphatic heterocycles. The Balaban J connectivity index is 0.000000373. The van der Waals surface area contributed by atoms with Crippen LogP contribution in [-0.4, -0.2) is 63.9 Å². The second kappa shape index (κ2) is 14.7. The number of hydrogen-bond acceptors (Lipinski definition) is 6. The van der Waals surface area contributed by atoms with Gasteiger partial charge in [0, 0.05) is 38.9 Å². The molecular weight excluding hydrogens is 622 g/mol. The van der Waals surface area contributed by atoms with Gasteiger partial charge in [-0.25, -0.2) is 0 Å². The maximum Gasteiger partial charge on any atom is 0.266 e. The largest absolute Gasteiger partial charge is 0.384 e. The quantitative estimate of drug-likeness (QED) is 0.0914. The summed E-state index contributed by atoms with van der Waals surface area (Å²) >= 11 is 0. The maximum absolute atomic E-state index is 11.8. The number of carbonyl (C=O) groups is 2. The predicted octanol–water partition coefficient (Wildman–Crippen LogP) is 6.55. The van der Waals surface area contributed by atoms with Crippen molar-refractivity contribution < 1.29 is 14.3 Å². The van der Waals surface area contributed by atoms with E-state index in [1.54, 1.807) is 14.1 Å². The van der Waals surface area contributed by atoms with Crippen molar-refractivity contribution in [1.82, 2.24) is 21.3 Å². The molecule has 1 heterocycles. The molecule has 2 amide bonds. The number of likely N-dealkylation sites (N-methyl/N-ethyl adjacent to an activating group) is 1. The van der Waals surface area contributed by atoms with E-state index < -0.39 is 0 Å². The molecule has 4 N–H and O–H groups in total. The van der Waals surface area contributed by atoms with Crippen molar-refractivity contribution in [3.05, 3.63) is 54.3 Å². The van der Waals surface area contributed by atoms with Crippen LogP contribution in [0.5, 0.6) is 0 Å². The van der Waals surface area contributed by atoms with Gasteiger partial charge in [0.1, 0.15) is 6.23 Å². The van der Waals surface area contributed by atoms with Gasteiger partial charge in [-0.05, 0) is 130 Å². The number of hydrogen-bond donors (Lipinski definition) is 4. The van der Waals surface area contributed by atoms with Crippen LogP contribution >= 0.6 is 0 Å². The van der Waals surface area contributed by atoms with Gasteiger partial charge >= 0.3 is 0 Å².